The van der Waals surface area contributed by atoms with Gasteiger partial charge in [-0.15, -0.1) is 0 Å². The van der Waals surface area contributed by atoms with E-state index in [4.69, 9.17) is 5.26 Å². The normalized spacial score (nSPS) is 12.8. The van der Waals surface area contributed by atoms with Gasteiger partial charge in [0.1, 0.15) is 6.07 Å². The van der Waals surface area contributed by atoms with Crippen LogP contribution in [0.5, 0.6) is 0 Å². The van der Waals surface area contributed by atoms with Crippen LogP contribution in [-0.2, 0) is 0 Å². The van der Waals surface area contributed by atoms with E-state index in [2.05, 4.69) is 0 Å². The first kappa shape index (κ1) is 9.35. The summed E-state index contributed by atoms with van der Waals surface area (Å²) in [5.41, 5.74) is -0.487. The molecule has 0 spiro atoms. The van der Waals surface area contributed by atoms with E-state index in [1.807, 2.05) is 0 Å². The quantitative estimate of drug-likeness (QED) is 0.559. The first-order valence-corrected chi connectivity index (χ1v) is 3.06. The third-order valence-corrected chi connectivity index (χ3v) is 0.916. The van der Waals surface area contributed by atoms with Gasteiger partial charge in [-0.25, -0.2) is 0 Å². The Hall–Kier alpha value is -0.650. The molecule has 0 aromatic carbocycles. The van der Waals surface area contributed by atoms with Crippen molar-refractivity contribution in [1.82, 2.24) is 0 Å². The van der Waals surface area contributed by atoms with Gasteiger partial charge in [0.05, 0.1) is 0 Å². The second-order valence-electron chi connectivity index (χ2n) is 3.55. The van der Waals surface area contributed by atoms with Crippen molar-refractivity contribution in [3.05, 3.63) is 0 Å². The van der Waals surface area contributed by atoms with Gasteiger partial charge in [0.15, 0.2) is 0 Å². The molecule has 10 heavy (non-hydrogen) atoms. The first-order valence-electron chi connectivity index (χ1n) is 3.06. The zero-order chi connectivity index (χ0) is 8.41. The van der Waals surface area contributed by atoms with Gasteiger partial charge in [0.25, 0.3) is 0 Å². The Morgan fingerprint density at radius 1 is 1.30 bits per heavy atom. The predicted octanol–water partition coefficient (Wildman–Crippen LogP) is 2.58. The van der Waals surface area contributed by atoms with E-state index in [1.165, 1.54) is 0 Å². The molecule has 0 fully saturated rings. The predicted molar refractivity (Wildman–Crippen MR) is 34.6 cm³/mol. The van der Waals surface area contributed by atoms with Crippen molar-refractivity contribution >= 4 is 0 Å². The highest BCUT2D eigenvalue weighted by Crippen LogP contribution is 2.30. The van der Waals surface area contributed by atoms with Crippen LogP contribution in [0.15, 0.2) is 0 Å². The maximum Gasteiger partial charge on any atom is 0.332 e. The Labute approximate surface area is 59.7 Å². The fraction of sp³-hybridized carbons (Fsp3) is 0.857. The van der Waals surface area contributed by atoms with Crippen LogP contribution < -0.4 is 0 Å². The van der Waals surface area contributed by atoms with Crippen LogP contribution in [0.2, 0.25) is 0 Å². The van der Waals surface area contributed by atoms with Crippen molar-refractivity contribution in [1.29, 1.82) is 5.26 Å². The summed E-state index contributed by atoms with van der Waals surface area (Å²) in [4.78, 5) is 0. The number of hydrogen-bond acceptors (Lipinski definition) is 1. The number of nitriles is 1. The van der Waals surface area contributed by atoms with E-state index >= 15 is 0 Å². The summed E-state index contributed by atoms with van der Waals surface area (Å²) >= 11 is 0. The molecule has 0 aromatic rings. The maximum absolute atomic E-state index is 12.3. The molecule has 0 rings (SSSR count). The van der Waals surface area contributed by atoms with Gasteiger partial charge in [-0.2, -0.15) is 14.0 Å². The molecule has 58 valence electrons. The average Bonchev–Trinajstić information content (AvgIpc) is 1.60. The Morgan fingerprint density at radius 2 is 1.70 bits per heavy atom. The lowest BCUT2D eigenvalue weighted by molar-refractivity contribution is 0.0205. The Morgan fingerprint density at radius 3 is 1.80 bits per heavy atom. The highest BCUT2D eigenvalue weighted by molar-refractivity contribution is 4.93. The standard InChI is InChI=1S/C7H11F2N/c1-6(2,3)4-7(8,9)5-10/h4H2,1-3H3. The van der Waals surface area contributed by atoms with Crippen molar-refractivity contribution in [2.24, 2.45) is 5.41 Å². The van der Waals surface area contributed by atoms with Gasteiger partial charge in [-0.3, -0.25) is 0 Å². The van der Waals surface area contributed by atoms with Crippen LogP contribution >= 0.6 is 0 Å². The first-order chi connectivity index (χ1) is 4.27. The molecule has 0 aliphatic carbocycles. The second-order valence-corrected chi connectivity index (χ2v) is 3.55. The second kappa shape index (κ2) is 2.53. The average molecular weight is 147 g/mol. The smallest absolute Gasteiger partial charge is 0.192 e. The van der Waals surface area contributed by atoms with Gasteiger partial charge >= 0.3 is 5.92 Å². The van der Waals surface area contributed by atoms with Gasteiger partial charge < -0.3 is 0 Å². The molecular formula is C7H11F2N. The molecule has 0 radical (unpaired) electrons. The minimum absolute atomic E-state index is 0.378. The third-order valence-electron chi connectivity index (χ3n) is 0.916. The van der Waals surface area contributed by atoms with Crippen LogP contribution in [0.4, 0.5) is 8.78 Å². The summed E-state index contributed by atoms with van der Waals surface area (Å²) in [6, 6.07) is 0.965. The van der Waals surface area contributed by atoms with Gasteiger partial charge in [0, 0.05) is 6.42 Å². The van der Waals surface area contributed by atoms with Crippen molar-refractivity contribution < 1.29 is 8.78 Å². The van der Waals surface area contributed by atoms with Crippen molar-refractivity contribution in [3.8, 4) is 6.07 Å². The van der Waals surface area contributed by atoms with E-state index in [1.54, 1.807) is 20.8 Å². The lowest BCUT2D eigenvalue weighted by Crippen LogP contribution is -2.21. The van der Waals surface area contributed by atoms with Crippen molar-refractivity contribution in [2.45, 2.75) is 33.1 Å². The monoisotopic (exact) mass is 147 g/mol. The minimum atomic E-state index is -3.17. The number of halogens is 2. The molecule has 0 heterocycles. The van der Waals surface area contributed by atoms with E-state index in [-0.39, 0.29) is 6.42 Å². The molecule has 3 heteroatoms. The molecule has 0 aliphatic heterocycles. The van der Waals surface area contributed by atoms with E-state index in [0.29, 0.717) is 0 Å². The van der Waals surface area contributed by atoms with Crippen LogP contribution in [0, 0.1) is 16.7 Å². The molecule has 0 atom stereocenters. The van der Waals surface area contributed by atoms with Gasteiger partial charge in [0.2, 0.25) is 0 Å². The molecule has 0 saturated heterocycles. The topological polar surface area (TPSA) is 23.8 Å². The lowest BCUT2D eigenvalue weighted by atomic mass is 9.89. The van der Waals surface area contributed by atoms with Crippen molar-refractivity contribution in [2.75, 3.05) is 0 Å². The zero-order valence-corrected chi connectivity index (χ0v) is 6.41. The van der Waals surface area contributed by atoms with Crippen LogP contribution in [0.3, 0.4) is 0 Å². The fourth-order valence-corrected chi connectivity index (χ4v) is 0.706. The van der Waals surface area contributed by atoms with Gasteiger partial charge in [-0.1, -0.05) is 20.8 Å². The number of alkyl halides is 2. The largest absolute Gasteiger partial charge is 0.332 e. The molecule has 0 aliphatic rings. The van der Waals surface area contributed by atoms with E-state index in [0.717, 1.165) is 6.07 Å². The third kappa shape index (κ3) is 4.25. The van der Waals surface area contributed by atoms with E-state index in [9.17, 15) is 8.78 Å². The zero-order valence-electron chi connectivity index (χ0n) is 6.41. The molecule has 0 saturated carbocycles. The summed E-state index contributed by atoms with van der Waals surface area (Å²) in [5.74, 6) is -3.17. The minimum Gasteiger partial charge on any atom is -0.192 e. The molecular weight excluding hydrogens is 136 g/mol. The van der Waals surface area contributed by atoms with Crippen molar-refractivity contribution in [3.63, 3.8) is 0 Å². The summed E-state index contributed by atoms with van der Waals surface area (Å²) in [5, 5.41) is 7.96. The molecule has 0 bridgehead atoms. The molecule has 0 N–H and O–H groups in total. The van der Waals surface area contributed by atoms with Crippen LogP contribution in [0.25, 0.3) is 0 Å². The van der Waals surface area contributed by atoms with Gasteiger partial charge in [-0.05, 0) is 5.41 Å². The highest BCUT2D eigenvalue weighted by Gasteiger charge is 2.33. The summed E-state index contributed by atoms with van der Waals surface area (Å²) in [6.45, 7) is 5.04. The highest BCUT2D eigenvalue weighted by atomic mass is 19.3. The lowest BCUT2D eigenvalue weighted by Gasteiger charge is -2.20. The van der Waals surface area contributed by atoms with Crippen LogP contribution in [0.1, 0.15) is 27.2 Å². The van der Waals surface area contributed by atoms with E-state index < -0.39 is 11.3 Å². The summed E-state index contributed by atoms with van der Waals surface area (Å²) < 4.78 is 24.6. The molecule has 0 aromatic heterocycles. The molecule has 1 nitrogen and oxygen atoms in total. The molecule has 0 amide bonds. The Balaban J connectivity index is 4.05. The Bertz CT molecular complexity index is 150. The SMILES string of the molecule is CC(C)(C)CC(F)(F)C#N. The number of rotatable bonds is 1. The Kier molecular flexibility index (Phi) is 2.37. The number of hydrogen-bond donors (Lipinski definition) is 0. The maximum atomic E-state index is 12.3. The number of nitrogens with zero attached hydrogens (tertiary/aromatic N) is 1. The van der Waals surface area contributed by atoms with Crippen LogP contribution in [-0.4, -0.2) is 5.92 Å². The summed E-state index contributed by atoms with van der Waals surface area (Å²) in [6.07, 6.45) is -0.378. The fourth-order valence-electron chi connectivity index (χ4n) is 0.706. The molecule has 0 unspecified atom stereocenters. The summed E-state index contributed by atoms with van der Waals surface area (Å²) in [7, 11) is 0.